The smallest absolute Gasteiger partial charge is 0.222 e. The predicted molar refractivity (Wildman–Crippen MR) is 100 cm³/mol. The van der Waals surface area contributed by atoms with Crippen molar-refractivity contribution in [3.63, 3.8) is 0 Å². The molecule has 1 aromatic carbocycles. The molecule has 0 unspecified atom stereocenters. The standard InChI is InChI=1S/C17H22BrClN2O.ClH/c18-16-3-2-15(19)9-12(16)1-4-17(22)21-7-5-13-10-20-11-14(13)6-8-21;/h2-3,9,13-14,20H,1,4-8,10-11H2;1H/t13-,14+;. The van der Waals surface area contributed by atoms with Crippen LogP contribution in [0.1, 0.15) is 24.8 Å². The first kappa shape index (κ1) is 19.0. The van der Waals surface area contributed by atoms with Crippen molar-refractivity contribution in [2.45, 2.75) is 25.7 Å². The molecule has 3 rings (SSSR count). The van der Waals surface area contributed by atoms with Crippen molar-refractivity contribution in [2.75, 3.05) is 26.2 Å². The second kappa shape index (κ2) is 8.70. The highest BCUT2D eigenvalue weighted by Gasteiger charge is 2.31. The molecular weight excluding hydrogens is 399 g/mol. The quantitative estimate of drug-likeness (QED) is 0.802. The lowest BCUT2D eigenvalue weighted by Gasteiger charge is -2.21. The topological polar surface area (TPSA) is 32.3 Å². The number of halogens is 3. The van der Waals surface area contributed by atoms with E-state index in [4.69, 9.17) is 11.6 Å². The van der Waals surface area contributed by atoms with Crippen LogP contribution in [-0.4, -0.2) is 37.0 Å². The molecule has 1 amide bonds. The molecule has 128 valence electrons. The number of nitrogens with one attached hydrogen (secondary N) is 1. The summed E-state index contributed by atoms with van der Waals surface area (Å²) in [5.41, 5.74) is 1.11. The summed E-state index contributed by atoms with van der Waals surface area (Å²) in [6, 6.07) is 5.75. The van der Waals surface area contributed by atoms with Crippen LogP contribution in [-0.2, 0) is 11.2 Å². The zero-order chi connectivity index (χ0) is 15.5. The molecule has 0 bridgehead atoms. The number of nitrogens with zero attached hydrogens (tertiary/aromatic N) is 1. The van der Waals surface area contributed by atoms with Crippen LogP contribution in [0, 0.1) is 11.8 Å². The number of likely N-dealkylation sites (tertiary alicyclic amines) is 1. The largest absolute Gasteiger partial charge is 0.343 e. The van der Waals surface area contributed by atoms with E-state index in [-0.39, 0.29) is 18.3 Å². The molecule has 2 aliphatic heterocycles. The average Bonchev–Trinajstić information content (AvgIpc) is 2.86. The minimum absolute atomic E-state index is 0. The third-order valence-electron chi connectivity index (χ3n) is 4.99. The van der Waals surface area contributed by atoms with Crippen molar-refractivity contribution >= 4 is 45.8 Å². The van der Waals surface area contributed by atoms with Crippen LogP contribution in [0.2, 0.25) is 5.02 Å². The fraction of sp³-hybridized carbons (Fsp3) is 0.588. The SMILES string of the molecule is Cl.O=C(CCc1cc(Cl)ccc1Br)N1CC[C@@H]2CNC[C@@H]2CC1. The molecule has 0 radical (unpaired) electrons. The number of rotatable bonds is 3. The van der Waals surface area contributed by atoms with Crippen molar-refractivity contribution in [3.05, 3.63) is 33.3 Å². The average molecular weight is 422 g/mol. The van der Waals surface area contributed by atoms with Gasteiger partial charge >= 0.3 is 0 Å². The van der Waals surface area contributed by atoms with Gasteiger partial charge in [-0.1, -0.05) is 27.5 Å². The maximum absolute atomic E-state index is 12.5. The number of fused-ring (bicyclic) bond motifs is 1. The summed E-state index contributed by atoms with van der Waals surface area (Å²) in [6.07, 6.45) is 3.59. The molecule has 2 fully saturated rings. The minimum atomic E-state index is 0. The number of benzene rings is 1. The molecule has 0 saturated carbocycles. The van der Waals surface area contributed by atoms with Gasteiger partial charge in [0.1, 0.15) is 0 Å². The number of carbonyl (C=O) groups excluding carboxylic acids is 1. The Kier molecular flexibility index (Phi) is 7.20. The lowest BCUT2D eigenvalue weighted by Crippen LogP contribution is -2.32. The van der Waals surface area contributed by atoms with Crippen molar-refractivity contribution < 1.29 is 4.79 Å². The molecule has 1 N–H and O–H groups in total. The van der Waals surface area contributed by atoms with Crippen LogP contribution in [0.4, 0.5) is 0 Å². The van der Waals surface area contributed by atoms with E-state index in [1.54, 1.807) is 0 Å². The first-order chi connectivity index (χ1) is 10.6. The third kappa shape index (κ3) is 4.85. The first-order valence-corrected chi connectivity index (χ1v) is 9.23. The van der Waals surface area contributed by atoms with E-state index >= 15 is 0 Å². The van der Waals surface area contributed by atoms with E-state index in [0.717, 1.165) is 72.3 Å². The van der Waals surface area contributed by atoms with Crippen molar-refractivity contribution in [1.82, 2.24) is 10.2 Å². The molecule has 0 spiro atoms. The van der Waals surface area contributed by atoms with Gasteiger partial charge in [-0.3, -0.25) is 4.79 Å². The number of amides is 1. The molecule has 0 aromatic heterocycles. The summed E-state index contributed by atoms with van der Waals surface area (Å²) < 4.78 is 1.03. The zero-order valence-electron chi connectivity index (χ0n) is 13.1. The van der Waals surface area contributed by atoms with Gasteiger partial charge in [-0.2, -0.15) is 0 Å². The molecule has 1 aromatic rings. The predicted octanol–water partition coefficient (Wildman–Crippen LogP) is 3.91. The molecule has 2 atom stereocenters. The van der Waals surface area contributed by atoms with Gasteiger partial charge in [0.05, 0.1) is 0 Å². The molecule has 0 aliphatic carbocycles. The lowest BCUT2D eigenvalue weighted by atomic mass is 9.92. The lowest BCUT2D eigenvalue weighted by molar-refractivity contribution is -0.131. The Morgan fingerprint density at radius 1 is 1.26 bits per heavy atom. The summed E-state index contributed by atoms with van der Waals surface area (Å²) in [7, 11) is 0. The normalized spacial score (nSPS) is 23.8. The minimum Gasteiger partial charge on any atom is -0.343 e. The molecular formula is C17H23BrCl2N2O. The maximum atomic E-state index is 12.5. The van der Waals surface area contributed by atoms with Gasteiger partial charge in [0, 0.05) is 29.0 Å². The molecule has 2 aliphatic rings. The number of hydrogen-bond donors (Lipinski definition) is 1. The van der Waals surface area contributed by atoms with E-state index < -0.39 is 0 Å². The van der Waals surface area contributed by atoms with E-state index in [2.05, 4.69) is 26.1 Å². The summed E-state index contributed by atoms with van der Waals surface area (Å²) in [5.74, 6) is 1.81. The van der Waals surface area contributed by atoms with Crippen LogP contribution in [0.5, 0.6) is 0 Å². The third-order valence-corrected chi connectivity index (χ3v) is 6.00. The Morgan fingerprint density at radius 3 is 2.57 bits per heavy atom. The summed E-state index contributed by atoms with van der Waals surface area (Å²) >= 11 is 9.57. The van der Waals surface area contributed by atoms with Crippen LogP contribution in [0.15, 0.2) is 22.7 Å². The zero-order valence-corrected chi connectivity index (χ0v) is 16.2. The molecule has 6 heteroatoms. The monoisotopic (exact) mass is 420 g/mol. The molecule has 3 nitrogen and oxygen atoms in total. The second-order valence-electron chi connectivity index (χ2n) is 6.37. The van der Waals surface area contributed by atoms with Gasteiger partial charge in [0.2, 0.25) is 5.91 Å². The van der Waals surface area contributed by atoms with E-state index in [1.807, 2.05) is 18.2 Å². The van der Waals surface area contributed by atoms with Crippen LogP contribution in [0.3, 0.4) is 0 Å². The number of hydrogen-bond acceptors (Lipinski definition) is 2. The fourth-order valence-corrected chi connectivity index (χ4v) is 4.24. The summed E-state index contributed by atoms with van der Waals surface area (Å²) in [5, 5.41) is 4.20. The van der Waals surface area contributed by atoms with Gasteiger partial charge in [-0.05, 0) is 68.0 Å². The van der Waals surface area contributed by atoms with Gasteiger partial charge in [-0.15, -0.1) is 12.4 Å². The van der Waals surface area contributed by atoms with E-state index in [0.29, 0.717) is 6.42 Å². The molecule has 2 saturated heterocycles. The fourth-order valence-electron chi connectivity index (χ4n) is 3.60. The van der Waals surface area contributed by atoms with E-state index in [9.17, 15) is 4.79 Å². The van der Waals surface area contributed by atoms with Crippen molar-refractivity contribution in [3.8, 4) is 0 Å². The van der Waals surface area contributed by atoms with Crippen molar-refractivity contribution in [2.24, 2.45) is 11.8 Å². The molecule has 2 heterocycles. The van der Waals surface area contributed by atoms with Crippen LogP contribution >= 0.6 is 39.9 Å². The summed E-state index contributed by atoms with van der Waals surface area (Å²) in [4.78, 5) is 14.6. The van der Waals surface area contributed by atoms with Gasteiger partial charge < -0.3 is 10.2 Å². The second-order valence-corrected chi connectivity index (χ2v) is 7.66. The van der Waals surface area contributed by atoms with Crippen LogP contribution < -0.4 is 5.32 Å². The summed E-state index contributed by atoms with van der Waals surface area (Å²) in [6.45, 7) is 4.08. The number of carbonyl (C=O) groups is 1. The van der Waals surface area contributed by atoms with Crippen LogP contribution in [0.25, 0.3) is 0 Å². The molecule has 23 heavy (non-hydrogen) atoms. The van der Waals surface area contributed by atoms with Gasteiger partial charge in [0.25, 0.3) is 0 Å². The van der Waals surface area contributed by atoms with Gasteiger partial charge in [0.15, 0.2) is 0 Å². The Labute approximate surface area is 157 Å². The van der Waals surface area contributed by atoms with E-state index in [1.165, 1.54) is 0 Å². The van der Waals surface area contributed by atoms with Crippen molar-refractivity contribution in [1.29, 1.82) is 0 Å². The number of aryl methyl sites for hydroxylation is 1. The highest BCUT2D eigenvalue weighted by atomic mass is 79.9. The highest BCUT2D eigenvalue weighted by Crippen LogP contribution is 2.28. The Bertz CT molecular complexity index is 541. The maximum Gasteiger partial charge on any atom is 0.222 e. The van der Waals surface area contributed by atoms with Gasteiger partial charge in [-0.25, -0.2) is 0 Å². The Hall–Kier alpha value is -0.290. The Morgan fingerprint density at radius 2 is 1.91 bits per heavy atom. The first-order valence-electron chi connectivity index (χ1n) is 8.06. The highest BCUT2D eigenvalue weighted by molar-refractivity contribution is 9.10. The Balaban J connectivity index is 0.00000192.